The van der Waals surface area contributed by atoms with Crippen LogP contribution < -0.4 is 14.8 Å². The number of carbonyl (C=O) groups excluding carboxylic acids is 1. The molecule has 2 rings (SSSR count). The molecule has 0 bridgehead atoms. The first-order valence-electron chi connectivity index (χ1n) is 4.45. The predicted octanol–water partition coefficient (Wildman–Crippen LogP) is 0.572. The highest BCUT2D eigenvalue weighted by Crippen LogP contribution is 2.30. The van der Waals surface area contributed by atoms with E-state index in [2.05, 4.69) is 5.32 Å². The Hall–Kier alpha value is -1.71. The number of carbonyl (C=O) groups is 1. The third-order valence-corrected chi connectivity index (χ3v) is 2.00. The average molecular weight is 193 g/mol. The summed E-state index contributed by atoms with van der Waals surface area (Å²) in [6, 6.07) is 7.49. The molecule has 0 aliphatic carbocycles. The summed E-state index contributed by atoms with van der Waals surface area (Å²) in [6.07, 6.45) is 0.555. The summed E-state index contributed by atoms with van der Waals surface area (Å²) in [5.41, 5.74) is 0. The van der Waals surface area contributed by atoms with Gasteiger partial charge in [-0.1, -0.05) is 12.1 Å². The Morgan fingerprint density at radius 2 is 2.21 bits per heavy atom. The van der Waals surface area contributed by atoms with Gasteiger partial charge >= 0.3 is 0 Å². The summed E-state index contributed by atoms with van der Waals surface area (Å²) in [4.78, 5) is 10.1. The van der Waals surface area contributed by atoms with Gasteiger partial charge in [-0.25, -0.2) is 0 Å². The zero-order chi connectivity index (χ0) is 9.80. The van der Waals surface area contributed by atoms with Gasteiger partial charge in [-0.05, 0) is 12.1 Å². The summed E-state index contributed by atoms with van der Waals surface area (Å²) in [5.74, 6) is 1.49. The van der Waals surface area contributed by atoms with E-state index in [9.17, 15) is 4.79 Å². The fraction of sp³-hybridized carbons (Fsp3) is 0.300. The number of hydrogen-bond donors (Lipinski definition) is 1. The molecule has 14 heavy (non-hydrogen) atoms. The van der Waals surface area contributed by atoms with Crippen molar-refractivity contribution in [2.45, 2.75) is 6.10 Å². The number of ether oxygens (including phenoxy) is 2. The molecule has 1 aromatic carbocycles. The van der Waals surface area contributed by atoms with Crippen molar-refractivity contribution in [2.24, 2.45) is 0 Å². The lowest BCUT2D eigenvalue weighted by Crippen LogP contribution is -2.37. The minimum absolute atomic E-state index is 0.102. The highest BCUT2D eigenvalue weighted by molar-refractivity contribution is 5.46. The molecule has 1 aliphatic rings. The Labute approximate surface area is 81.8 Å². The van der Waals surface area contributed by atoms with E-state index in [0.29, 0.717) is 19.6 Å². The van der Waals surface area contributed by atoms with Crippen LogP contribution >= 0.6 is 0 Å². The zero-order valence-corrected chi connectivity index (χ0v) is 7.60. The minimum atomic E-state index is -0.102. The molecule has 0 spiro atoms. The second kappa shape index (κ2) is 4.00. The Morgan fingerprint density at radius 1 is 1.43 bits per heavy atom. The first-order chi connectivity index (χ1) is 6.90. The molecule has 4 heteroatoms. The van der Waals surface area contributed by atoms with Crippen LogP contribution in [-0.4, -0.2) is 25.7 Å². The Balaban J connectivity index is 2.02. The van der Waals surface area contributed by atoms with Crippen molar-refractivity contribution in [3.8, 4) is 11.5 Å². The smallest absolute Gasteiger partial charge is 0.207 e. The van der Waals surface area contributed by atoms with E-state index in [-0.39, 0.29) is 6.10 Å². The summed E-state index contributed by atoms with van der Waals surface area (Å²) in [6.45, 7) is 0.940. The number of fused-ring (bicyclic) bond motifs is 1. The topological polar surface area (TPSA) is 47.6 Å². The lowest BCUT2D eigenvalue weighted by Gasteiger charge is -2.25. The van der Waals surface area contributed by atoms with Crippen LogP contribution in [-0.2, 0) is 4.79 Å². The predicted molar refractivity (Wildman–Crippen MR) is 50.4 cm³/mol. The number of rotatable bonds is 3. The number of hydrogen-bond acceptors (Lipinski definition) is 3. The molecule has 1 N–H and O–H groups in total. The second-order valence-electron chi connectivity index (χ2n) is 3.02. The molecule has 0 saturated heterocycles. The normalized spacial score (nSPS) is 18.7. The van der Waals surface area contributed by atoms with Crippen molar-refractivity contribution >= 4 is 6.41 Å². The summed E-state index contributed by atoms with van der Waals surface area (Å²) in [5, 5.41) is 2.56. The fourth-order valence-corrected chi connectivity index (χ4v) is 1.34. The highest BCUT2D eigenvalue weighted by atomic mass is 16.6. The van der Waals surface area contributed by atoms with Crippen LogP contribution in [0.5, 0.6) is 11.5 Å². The van der Waals surface area contributed by atoms with Gasteiger partial charge in [0, 0.05) is 0 Å². The van der Waals surface area contributed by atoms with E-state index in [1.807, 2.05) is 24.3 Å². The van der Waals surface area contributed by atoms with Crippen molar-refractivity contribution in [1.29, 1.82) is 0 Å². The molecule has 4 nitrogen and oxygen atoms in total. The van der Waals surface area contributed by atoms with Crippen LogP contribution in [0.1, 0.15) is 0 Å². The van der Waals surface area contributed by atoms with E-state index >= 15 is 0 Å². The lowest BCUT2D eigenvalue weighted by molar-refractivity contribution is -0.110. The molecule has 1 heterocycles. The largest absolute Gasteiger partial charge is 0.486 e. The molecule has 0 radical (unpaired) electrons. The molecule has 1 aliphatic heterocycles. The SMILES string of the molecule is O=CNCC1COc2ccccc2O1. The Morgan fingerprint density at radius 3 is 3.00 bits per heavy atom. The van der Waals surface area contributed by atoms with Crippen LogP contribution in [0.15, 0.2) is 24.3 Å². The third kappa shape index (κ3) is 1.79. The number of para-hydroxylation sites is 2. The number of nitrogens with one attached hydrogen (secondary N) is 1. The number of benzene rings is 1. The standard InChI is InChI=1S/C10H11NO3/c12-7-11-5-8-6-13-9-3-1-2-4-10(9)14-8/h1-4,7-8H,5-6H2,(H,11,12). The van der Waals surface area contributed by atoms with Crippen molar-refractivity contribution < 1.29 is 14.3 Å². The van der Waals surface area contributed by atoms with Gasteiger partial charge in [0.1, 0.15) is 12.7 Å². The summed E-state index contributed by atoms with van der Waals surface area (Å²) in [7, 11) is 0. The van der Waals surface area contributed by atoms with E-state index in [1.54, 1.807) is 0 Å². The van der Waals surface area contributed by atoms with Gasteiger partial charge in [-0.15, -0.1) is 0 Å². The fourth-order valence-electron chi connectivity index (χ4n) is 1.34. The second-order valence-corrected chi connectivity index (χ2v) is 3.02. The summed E-state index contributed by atoms with van der Waals surface area (Å²) < 4.78 is 11.0. The molecule has 0 fully saturated rings. The molecule has 0 saturated carbocycles. The lowest BCUT2D eigenvalue weighted by atomic mass is 10.2. The van der Waals surface area contributed by atoms with Crippen LogP contribution in [0.3, 0.4) is 0 Å². The molecule has 1 unspecified atom stereocenters. The van der Waals surface area contributed by atoms with Crippen LogP contribution in [0.2, 0.25) is 0 Å². The molecule has 1 amide bonds. The van der Waals surface area contributed by atoms with Crippen LogP contribution in [0.4, 0.5) is 0 Å². The van der Waals surface area contributed by atoms with Gasteiger partial charge in [0.2, 0.25) is 6.41 Å². The molecular formula is C10H11NO3. The molecule has 0 aromatic heterocycles. The van der Waals surface area contributed by atoms with Crippen molar-refractivity contribution in [2.75, 3.05) is 13.2 Å². The van der Waals surface area contributed by atoms with E-state index < -0.39 is 0 Å². The van der Waals surface area contributed by atoms with Crippen molar-refractivity contribution in [3.63, 3.8) is 0 Å². The highest BCUT2D eigenvalue weighted by Gasteiger charge is 2.19. The maximum absolute atomic E-state index is 10.1. The van der Waals surface area contributed by atoms with Crippen molar-refractivity contribution in [1.82, 2.24) is 5.32 Å². The van der Waals surface area contributed by atoms with Gasteiger partial charge in [-0.2, -0.15) is 0 Å². The molecule has 1 atom stereocenters. The minimum Gasteiger partial charge on any atom is -0.486 e. The van der Waals surface area contributed by atoms with Gasteiger partial charge in [0.15, 0.2) is 11.5 Å². The zero-order valence-electron chi connectivity index (χ0n) is 7.60. The van der Waals surface area contributed by atoms with Crippen molar-refractivity contribution in [3.05, 3.63) is 24.3 Å². The third-order valence-electron chi connectivity index (χ3n) is 2.00. The van der Waals surface area contributed by atoms with Gasteiger partial charge in [0.25, 0.3) is 0 Å². The quantitative estimate of drug-likeness (QED) is 0.714. The Bertz CT molecular complexity index is 327. The van der Waals surface area contributed by atoms with E-state index in [0.717, 1.165) is 11.5 Å². The molecule has 1 aromatic rings. The monoisotopic (exact) mass is 193 g/mol. The summed E-state index contributed by atoms with van der Waals surface area (Å²) >= 11 is 0. The average Bonchev–Trinajstić information content (AvgIpc) is 2.26. The van der Waals surface area contributed by atoms with Crippen LogP contribution in [0, 0.1) is 0 Å². The van der Waals surface area contributed by atoms with Gasteiger partial charge in [0.05, 0.1) is 6.54 Å². The Kier molecular flexibility index (Phi) is 2.53. The molecule has 74 valence electrons. The molecular weight excluding hydrogens is 182 g/mol. The van der Waals surface area contributed by atoms with E-state index in [4.69, 9.17) is 9.47 Å². The maximum atomic E-state index is 10.1. The van der Waals surface area contributed by atoms with Gasteiger partial charge < -0.3 is 14.8 Å². The first-order valence-corrected chi connectivity index (χ1v) is 4.45. The maximum Gasteiger partial charge on any atom is 0.207 e. The van der Waals surface area contributed by atoms with Crippen LogP contribution in [0.25, 0.3) is 0 Å². The number of amides is 1. The van der Waals surface area contributed by atoms with E-state index in [1.165, 1.54) is 0 Å². The van der Waals surface area contributed by atoms with Gasteiger partial charge in [-0.3, -0.25) is 4.79 Å². The first kappa shape index (κ1) is 8.87.